The van der Waals surface area contributed by atoms with Gasteiger partial charge in [0, 0.05) is 9.50 Å². The number of aromatic nitrogens is 3. The number of anilines is 1. The highest BCUT2D eigenvalue weighted by atomic mass is 79.9. The van der Waals surface area contributed by atoms with E-state index < -0.39 is 0 Å². The maximum Gasteiger partial charge on any atom is 0.222 e. The van der Waals surface area contributed by atoms with Crippen molar-refractivity contribution >= 4 is 33.5 Å². The van der Waals surface area contributed by atoms with E-state index in [0.717, 1.165) is 21.9 Å². The molecule has 6 heteroatoms. The highest BCUT2D eigenvalue weighted by Crippen LogP contribution is 2.37. The zero-order valence-electron chi connectivity index (χ0n) is 12.2. The number of nitrogens with zero attached hydrogens (tertiary/aromatic N) is 3. The lowest BCUT2D eigenvalue weighted by Gasteiger charge is -2.32. The summed E-state index contributed by atoms with van der Waals surface area (Å²) < 4.78 is 3.02. The average molecular weight is 390 g/mol. The molecular formula is C17H14BrClN4. The zero-order valence-corrected chi connectivity index (χ0v) is 14.5. The minimum atomic E-state index is 0.134. The minimum Gasteiger partial charge on any atom is -0.348 e. The molecule has 0 saturated heterocycles. The minimum absolute atomic E-state index is 0.134. The number of rotatable bonds is 2. The molecule has 1 N–H and O–H groups in total. The van der Waals surface area contributed by atoms with E-state index in [1.807, 2.05) is 22.9 Å². The number of nitrogens with one attached hydrogen (secondary N) is 1. The zero-order chi connectivity index (χ0) is 15.8. The van der Waals surface area contributed by atoms with Crippen LogP contribution < -0.4 is 5.32 Å². The largest absolute Gasteiger partial charge is 0.348 e. The van der Waals surface area contributed by atoms with E-state index in [2.05, 4.69) is 61.7 Å². The quantitative estimate of drug-likeness (QED) is 0.682. The Kier molecular flexibility index (Phi) is 3.83. The third kappa shape index (κ3) is 2.86. The van der Waals surface area contributed by atoms with Crippen LogP contribution in [0.2, 0.25) is 5.02 Å². The standard InChI is InChI=1S/C17H14BrClN4/c18-13-3-1-2-12(8-13)15-9-16(11-4-6-14(19)7-5-11)23-17(22-15)20-10-21-23/h1-8,10,15-16H,9H2,(H,20,21,22)/t15-,16+/m0/s1. The van der Waals surface area contributed by atoms with Crippen molar-refractivity contribution in [3.63, 3.8) is 0 Å². The molecular weight excluding hydrogens is 376 g/mol. The van der Waals surface area contributed by atoms with Gasteiger partial charge in [-0.1, -0.05) is 51.8 Å². The fraction of sp³-hybridized carbons (Fsp3) is 0.176. The number of hydrogen-bond acceptors (Lipinski definition) is 3. The molecule has 4 nitrogen and oxygen atoms in total. The van der Waals surface area contributed by atoms with E-state index >= 15 is 0 Å². The Morgan fingerprint density at radius 2 is 1.96 bits per heavy atom. The summed E-state index contributed by atoms with van der Waals surface area (Å²) in [4.78, 5) is 4.35. The Morgan fingerprint density at radius 1 is 1.13 bits per heavy atom. The second-order valence-corrected chi connectivity index (χ2v) is 6.94. The second-order valence-electron chi connectivity index (χ2n) is 5.58. The molecule has 2 aromatic carbocycles. The number of fused-ring (bicyclic) bond motifs is 1. The van der Waals surface area contributed by atoms with Crippen LogP contribution in [0, 0.1) is 0 Å². The van der Waals surface area contributed by atoms with Crippen molar-refractivity contribution < 1.29 is 0 Å². The van der Waals surface area contributed by atoms with Gasteiger partial charge in [-0.2, -0.15) is 10.1 Å². The SMILES string of the molecule is Clc1ccc([C@H]2C[C@@H](c3cccc(Br)c3)Nc3ncnn32)cc1. The first kappa shape index (κ1) is 14.7. The van der Waals surface area contributed by atoms with Gasteiger partial charge in [-0.05, 0) is 41.8 Å². The van der Waals surface area contributed by atoms with Gasteiger partial charge in [-0.25, -0.2) is 4.68 Å². The van der Waals surface area contributed by atoms with Crippen LogP contribution in [-0.2, 0) is 0 Å². The van der Waals surface area contributed by atoms with Gasteiger partial charge < -0.3 is 5.32 Å². The normalized spacial score (nSPS) is 19.9. The predicted octanol–water partition coefficient (Wildman–Crippen LogP) is 4.84. The first-order chi connectivity index (χ1) is 11.2. The van der Waals surface area contributed by atoms with Gasteiger partial charge in [0.1, 0.15) is 6.33 Å². The van der Waals surface area contributed by atoms with Crippen molar-refractivity contribution in [2.24, 2.45) is 0 Å². The highest BCUT2D eigenvalue weighted by Gasteiger charge is 2.29. The second kappa shape index (κ2) is 5.98. The maximum absolute atomic E-state index is 6.02. The van der Waals surface area contributed by atoms with Crippen LogP contribution in [0.5, 0.6) is 0 Å². The van der Waals surface area contributed by atoms with Crippen LogP contribution in [0.1, 0.15) is 29.6 Å². The molecule has 2 heterocycles. The number of halogens is 2. The summed E-state index contributed by atoms with van der Waals surface area (Å²) in [6.45, 7) is 0. The van der Waals surface area contributed by atoms with Gasteiger partial charge in [-0.15, -0.1) is 0 Å². The van der Waals surface area contributed by atoms with Crippen LogP contribution >= 0.6 is 27.5 Å². The third-order valence-corrected chi connectivity index (χ3v) is 4.88. The van der Waals surface area contributed by atoms with Crippen LogP contribution in [0.3, 0.4) is 0 Å². The number of hydrogen-bond donors (Lipinski definition) is 1. The topological polar surface area (TPSA) is 42.7 Å². The smallest absolute Gasteiger partial charge is 0.222 e. The molecule has 0 bridgehead atoms. The van der Waals surface area contributed by atoms with Crippen molar-refractivity contribution in [2.75, 3.05) is 5.32 Å². The van der Waals surface area contributed by atoms with Crippen molar-refractivity contribution in [2.45, 2.75) is 18.5 Å². The number of benzene rings is 2. The maximum atomic E-state index is 6.02. The molecule has 116 valence electrons. The van der Waals surface area contributed by atoms with Gasteiger partial charge in [0.15, 0.2) is 0 Å². The summed E-state index contributed by atoms with van der Waals surface area (Å²) in [6.07, 6.45) is 2.49. The van der Waals surface area contributed by atoms with Gasteiger partial charge in [0.05, 0.1) is 12.1 Å². The molecule has 0 radical (unpaired) electrons. The van der Waals surface area contributed by atoms with E-state index in [1.54, 1.807) is 6.33 Å². The Bertz CT molecular complexity index is 831. The average Bonchev–Trinajstić information content (AvgIpc) is 3.03. The molecule has 4 rings (SSSR count). The molecule has 0 saturated carbocycles. The van der Waals surface area contributed by atoms with Gasteiger partial charge >= 0.3 is 0 Å². The first-order valence-corrected chi connectivity index (χ1v) is 8.55. The van der Waals surface area contributed by atoms with Gasteiger partial charge in [0.25, 0.3) is 0 Å². The van der Waals surface area contributed by atoms with Crippen LogP contribution in [0.25, 0.3) is 0 Å². The summed E-state index contributed by atoms with van der Waals surface area (Å²) in [5.41, 5.74) is 2.41. The predicted molar refractivity (Wildman–Crippen MR) is 94.7 cm³/mol. The summed E-state index contributed by atoms with van der Waals surface area (Å²) >= 11 is 9.56. The fourth-order valence-corrected chi connectivity index (χ4v) is 3.57. The highest BCUT2D eigenvalue weighted by molar-refractivity contribution is 9.10. The molecule has 0 fully saturated rings. The van der Waals surface area contributed by atoms with Crippen LogP contribution in [-0.4, -0.2) is 14.8 Å². The van der Waals surface area contributed by atoms with Crippen molar-refractivity contribution in [1.82, 2.24) is 14.8 Å². The Labute approximate surface area is 147 Å². The summed E-state index contributed by atoms with van der Waals surface area (Å²) in [5, 5.41) is 8.60. The van der Waals surface area contributed by atoms with E-state index in [4.69, 9.17) is 11.6 Å². The molecule has 23 heavy (non-hydrogen) atoms. The Balaban J connectivity index is 1.73. The van der Waals surface area contributed by atoms with Crippen molar-refractivity contribution in [3.8, 4) is 0 Å². The molecule has 1 aliphatic heterocycles. The molecule has 0 aliphatic carbocycles. The van der Waals surface area contributed by atoms with Crippen LogP contribution in [0.15, 0.2) is 59.3 Å². The lowest BCUT2D eigenvalue weighted by Crippen LogP contribution is -2.28. The van der Waals surface area contributed by atoms with E-state index in [1.165, 1.54) is 11.1 Å². The molecule has 1 aromatic heterocycles. The van der Waals surface area contributed by atoms with Gasteiger partial charge in [-0.3, -0.25) is 0 Å². The van der Waals surface area contributed by atoms with Crippen molar-refractivity contribution in [3.05, 3.63) is 75.5 Å². The van der Waals surface area contributed by atoms with Gasteiger partial charge in [0.2, 0.25) is 5.95 Å². The van der Waals surface area contributed by atoms with Crippen LogP contribution in [0.4, 0.5) is 5.95 Å². The molecule has 0 spiro atoms. The summed E-state index contributed by atoms with van der Waals surface area (Å²) in [5.74, 6) is 0.793. The van der Waals surface area contributed by atoms with E-state index in [9.17, 15) is 0 Å². The molecule has 3 aromatic rings. The Morgan fingerprint density at radius 3 is 2.74 bits per heavy atom. The molecule has 2 atom stereocenters. The third-order valence-electron chi connectivity index (χ3n) is 4.14. The molecule has 1 aliphatic rings. The summed E-state index contributed by atoms with van der Waals surface area (Å²) in [7, 11) is 0. The fourth-order valence-electron chi connectivity index (χ4n) is 3.02. The lowest BCUT2D eigenvalue weighted by atomic mass is 9.93. The molecule has 0 unspecified atom stereocenters. The lowest BCUT2D eigenvalue weighted by molar-refractivity contribution is 0.431. The first-order valence-electron chi connectivity index (χ1n) is 7.38. The van der Waals surface area contributed by atoms with Crippen molar-refractivity contribution in [1.29, 1.82) is 0 Å². The monoisotopic (exact) mass is 388 g/mol. The van der Waals surface area contributed by atoms with E-state index in [-0.39, 0.29) is 12.1 Å². The summed E-state index contributed by atoms with van der Waals surface area (Å²) in [6, 6.07) is 16.6. The Hall–Kier alpha value is -1.85. The van der Waals surface area contributed by atoms with E-state index in [0.29, 0.717) is 0 Å². The molecule has 0 amide bonds.